The van der Waals surface area contributed by atoms with Gasteiger partial charge in [0.2, 0.25) is 0 Å². The molecular weight excluding hydrogens is 395 g/mol. The first kappa shape index (κ1) is 17.9. The minimum absolute atomic E-state index is 0.239. The predicted molar refractivity (Wildman–Crippen MR) is 104 cm³/mol. The third-order valence-corrected chi connectivity index (χ3v) is 4.09. The molecule has 130 valence electrons. The maximum atomic E-state index is 13.9. The Labute approximate surface area is 159 Å². The Kier molecular flexibility index (Phi) is 5.86. The first-order chi connectivity index (χ1) is 12.6. The van der Waals surface area contributed by atoms with E-state index in [0.29, 0.717) is 27.3 Å². The molecule has 6 heteroatoms. The molecule has 0 bridgehead atoms. The lowest BCUT2D eigenvalue weighted by molar-refractivity contribution is 0.605. The predicted octanol–water partition coefficient (Wildman–Crippen LogP) is 4.58. The molecule has 0 aliphatic rings. The molecule has 0 radical (unpaired) electrons. The van der Waals surface area contributed by atoms with Crippen molar-refractivity contribution < 1.29 is 4.39 Å². The van der Waals surface area contributed by atoms with E-state index in [1.165, 1.54) is 6.07 Å². The Hall–Kier alpha value is -2.86. The molecule has 2 aromatic heterocycles. The molecule has 0 atom stereocenters. The van der Waals surface area contributed by atoms with Crippen molar-refractivity contribution in [3.05, 3.63) is 100 Å². The van der Waals surface area contributed by atoms with Gasteiger partial charge in [-0.2, -0.15) is 0 Å². The van der Waals surface area contributed by atoms with E-state index in [0.717, 1.165) is 0 Å². The summed E-state index contributed by atoms with van der Waals surface area (Å²) >= 11 is 3.36. The second kappa shape index (κ2) is 8.49. The van der Waals surface area contributed by atoms with Gasteiger partial charge in [0, 0.05) is 18.3 Å². The molecular formula is C20H16BrFN4. The fourth-order valence-corrected chi connectivity index (χ4v) is 2.69. The number of hydrogen-bond acceptors (Lipinski definition) is 4. The Morgan fingerprint density at radius 1 is 1.04 bits per heavy atom. The molecule has 0 amide bonds. The normalized spacial score (nSPS) is 11.2. The summed E-state index contributed by atoms with van der Waals surface area (Å²) in [4.78, 5) is 8.62. The first-order valence-corrected chi connectivity index (χ1v) is 8.74. The van der Waals surface area contributed by atoms with Gasteiger partial charge in [0.15, 0.2) is 0 Å². The molecule has 0 spiro atoms. The molecule has 0 unspecified atom stereocenters. The molecule has 3 rings (SSSR count). The smallest absolute Gasteiger partial charge is 0.128 e. The van der Waals surface area contributed by atoms with Gasteiger partial charge in [-0.05, 0) is 52.3 Å². The molecule has 0 aliphatic heterocycles. The van der Waals surface area contributed by atoms with Gasteiger partial charge in [0.25, 0.3) is 0 Å². The topological polar surface area (TPSA) is 61.7 Å². The van der Waals surface area contributed by atoms with E-state index in [9.17, 15) is 4.39 Å². The van der Waals surface area contributed by atoms with Crippen LogP contribution in [0.3, 0.4) is 0 Å². The van der Waals surface area contributed by atoms with Crippen LogP contribution in [0.5, 0.6) is 0 Å². The highest BCUT2D eigenvalue weighted by atomic mass is 79.9. The van der Waals surface area contributed by atoms with Gasteiger partial charge in [-0.25, -0.2) is 9.37 Å². The summed E-state index contributed by atoms with van der Waals surface area (Å²) in [6, 6.07) is 17.5. The molecule has 4 nitrogen and oxygen atoms in total. The van der Waals surface area contributed by atoms with Crippen LogP contribution < -0.4 is 5.32 Å². The number of hydrogen-bond donors (Lipinski definition) is 2. The monoisotopic (exact) mass is 410 g/mol. The summed E-state index contributed by atoms with van der Waals surface area (Å²) in [5, 5.41) is 11.5. The van der Waals surface area contributed by atoms with E-state index in [1.54, 1.807) is 42.6 Å². The SMILES string of the molecule is N=C(/C=C(\NCc1ccccc1F)c1cccc(Br)n1)c1ccccn1. The van der Waals surface area contributed by atoms with E-state index in [4.69, 9.17) is 5.41 Å². The van der Waals surface area contributed by atoms with Crippen molar-refractivity contribution in [3.8, 4) is 0 Å². The third-order valence-electron chi connectivity index (χ3n) is 3.65. The van der Waals surface area contributed by atoms with Gasteiger partial charge in [0.1, 0.15) is 10.4 Å². The molecule has 0 aliphatic carbocycles. The van der Waals surface area contributed by atoms with E-state index in [2.05, 4.69) is 31.2 Å². The highest BCUT2D eigenvalue weighted by molar-refractivity contribution is 9.10. The maximum absolute atomic E-state index is 13.9. The quantitative estimate of drug-likeness (QED) is 0.461. The summed E-state index contributed by atoms with van der Waals surface area (Å²) < 4.78 is 14.6. The van der Waals surface area contributed by atoms with Crippen molar-refractivity contribution in [2.45, 2.75) is 6.54 Å². The minimum atomic E-state index is -0.277. The number of halogens is 2. The number of benzene rings is 1. The Morgan fingerprint density at radius 3 is 2.54 bits per heavy atom. The molecule has 1 aromatic carbocycles. The number of nitrogens with zero attached hydrogens (tertiary/aromatic N) is 2. The van der Waals surface area contributed by atoms with Gasteiger partial charge in [0.05, 0.1) is 22.8 Å². The molecule has 2 heterocycles. The van der Waals surface area contributed by atoms with Crippen LogP contribution in [-0.4, -0.2) is 15.7 Å². The summed E-state index contributed by atoms with van der Waals surface area (Å²) in [5.74, 6) is -0.277. The Morgan fingerprint density at radius 2 is 1.81 bits per heavy atom. The number of allylic oxidation sites excluding steroid dienone is 1. The number of nitrogens with one attached hydrogen (secondary N) is 2. The molecule has 26 heavy (non-hydrogen) atoms. The third kappa shape index (κ3) is 4.61. The van der Waals surface area contributed by atoms with Gasteiger partial charge in [-0.15, -0.1) is 0 Å². The second-order valence-electron chi connectivity index (χ2n) is 5.48. The lowest BCUT2D eigenvalue weighted by Gasteiger charge is -2.12. The van der Waals surface area contributed by atoms with Gasteiger partial charge in [-0.1, -0.05) is 30.3 Å². The molecule has 3 aromatic rings. The zero-order valence-corrected chi connectivity index (χ0v) is 15.4. The molecule has 0 saturated carbocycles. The Balaban J connectivity index is 1.90. The van der Waals surface area contributed by atoms with Gasteiger partial charge >= 0.3 is 0 Å². The second-order valence-corrected chi connectivity index (χ2v) is 6.29. The van der Waals surface area contributed by atoms with Crippen molar-refractivity contribution >= 4 is 27.3 Å². The average molecular weight is 411 g/mol. The standard InChI is InChI=1S/C20H16BrFN4/c21-20-10-5-9-18(26-20)19(12-16(23)17-8-3-4-11-24-17)25-13-14-6-1-2-7-15(14)22/h1-12,23,25H,13H2/b19-12-,23-16?. The van der Waals surface area contributed by atoms with Crippen LogP contribution in [0.1, 0.15) is 17.0 Å². The summed E-state index contributed by atoms with van der Waals surface area (Å²) in [6.07, 6.45) is 3.29. The van der Waals surface area contributed by atoms with Gasteiger partial charge in [-0.3, -0.25) is 10.4 Å². The number of rotatable bonds is 6. The highest BCUT2D eigenvalue weighted by Crippen LogP contribution is 2.16. The van der Waals surface area contributed by atoms with Crippen molar-refractivity contribution in [2.24, 2.45) is 0 Å². The van der Waals surface area contributed by atoms with Crippen LogP contribution in [0, 0.1) is 11.2 Å². The van der Waals surface area contributed by atoms with E-state index < -0.39 is 0 Å². The first-order valence-electron chi connectivity index (χ1n) is 7.95. The molecule has 0 fully saturated rings. The number of pyridine rings is 2. The molecule has 2 N–H and O–H groups in total. The van der Waals surface area contributed by atoms with E-state index >= 15 is 0 Å². The summed E-state index contributed by atoms with van der Waals surface area (Å²) in [5.41, 5.74) is 2.59. The highest BCUT2D eigenvalue weighted by Gasteiger charge is 2.09. The van der Waals surface area contributed by atoms with Crippen LogP contribution in [0.25, 0.3) is 5.70 Å². The zero-order valence-electron chi connectivity index (χ0n) is 13.8. The van der Waals surface area contributed by atoms with Crippen LogP contribution >= 0.6 is 15.9 Å². The van der Waals surface area contributed by atoms with E-state index in [1.807, 2.05) is 24.3 Å². The summed E-state index contributed by atoms with van der Waals surface area (Å²) in [7, 11) is 0. The van der Waals surface area contributed by atoms with Gasteiger partial charge < -0.3 is 5.32 Å². The van der Waals surface area contributed by atoms with E-state index in [-0.39, 0.29) is 18.1 Å². The number of aromatic nitrogens is 2. The van der Waals surface area contributed by atoms with Crippen molar-refractivity contribution in [1.82, 2.24) is 15.3 Å². The fraction of sp³-hybridized carbons (Fsp3) is 0.0500. The fourth-order valence-electron chi connectivity index (χ4n) is 2.35. The minimum Gasteiger partial charge on any atom is -0.379 e. The maximum Gasteiger partial charge on any atom is 0.128 e. The molecule has 0 saturated heterocycles. The van der Waals surface area contributed by atoms with Crippen molar-refractivity contribution in [2.75, 3.05) is 0 Å². The Bertz CT molecular complexity index is 941. The largest absolute Gasteiger partial charge is 0.379 e. The van der Waals surface area contributed by atoms with Crippen molar-refractivity contribution in [3.63, 3.8) is 0 Å². The van der Waals surface area contributed by atoms with Crippen LogP contribution in [0.2, 0.25) is 0 Å². The lowest BCUT2D eigenvalue weighted by Crippen LogP contribution is -2.15. The van der Waals surface area contributed by atoms with Crippen molar-refractivity contribution in [1.29, 1.82) is 5.41 Å². The van der Waals surface area contributed by atoms with Crippen LogP contribution in [-0.2, 0) is 6.54 Å². The summed E-state index contributed by atoms with van der Waals surface area (Å²) in [6.45, 7) is 0.280. The average Bonchev–Trinajstić information content (AvgIpc) is 2.67. The zero-order chi connectivity index (χ0) is 18.4. The van der Waals surface area contributed by atoms with Crippen LogP contribution in [0.15, 0.2) is 77.5 Å². The lowest BCUT2D eigenvalue weighted by atomic mass is 10.1. The van der Waals surface area contributed by atoms with Crippen LogP contribution in [0.4, 0.5) is 4.39 Å².